The molecule has 0 aromatic heterocycles. The topological polar surface area (TPSA) is 98.5 Å². The first-order valence-corrected chi connectivity index (χ1v) is 10.6. The lowest BCUT2D eigenvalue weighted by Crippen LogP contribution is -2.36. The molecule has 0 bridgehead atoms. The third-order valence-corrected chi connectivity index (χ3v) is 6.01. The highest BCUT2D eigenvalue weighted by atomic mass is 16.6. The Balaban J connectivity index is 1.83. The van der Waals surface area contributed by atoms with Gasteiger partial charge in [-0.15, -0.1) is 0 Å². The molecule has 0 saturated heterocycles. The second-order valence-electron chi connectivity index (χ2n) is 8.00. The number of nitrogens with zero attached hydrogens (tertiary/aromatic N) is 1. The molecular weight excluding hydrogens is 408 g/mol. The van der Waals surface area contributed by atoms with Gasteiger partial charge in [-0.2, -0.15) is 0 Å². The fourth-order valence-corrected chi connectivity index (χ4v) is 4.63. The molecule has 1 N–H and O–H groups in total. The van der Waals surface area contributed by atoms with Crippen LogP contribution in [-0.2, 0) is 14.3 Å². The molecule has 2 atom stereocenters. The van der Waals surface area contributed by atoms with Crippen molar-refractivity contribution in [3.63, 3.8) is 0 Å². The van der Waals surface area contributed by atoms with Crippen molar-refractivity contribution in [3.8, 4) is 0 Å². The molecule has 0 radical (unpaired) electrons. The molecule has 0 saturated carbocycles. The number of non-ortho nitro benzene ring substituents is 1. The monoisotopic (exact) mass is 432 g/mol. The van der Waals surface area contributed by atoms with E-state index in [1.165, 1.54) is 12.1 Å². The van der Waals surface area contributed by atoms with Crippen LogP contribution in [0.1, 0.15) is 49.7 Å². The molecule has 2 aliphatic rings. The lowest BCUT2D eigenvalue weighted by molar-refractivity contribution is -0.384. The van der Waals surface area contributed by atoms with Crippen LogP contribution in [0.5, 0.6) is 0 Å². The molecule has 0 fully saturated rings. The van der Waals surface area contributed by atoms with Crippen LogP contribution in [0.2, 0.25) is 0 Å². The SMILES string of the molecule is CCOC(=O)C1=C(C)NC2=C(C(=O)CC(c3ccccc3)C2)C1c1cccc([N+](=O)[O-])c1. The van der Waals surface area contributed by atoms with Gasteiger partial charge in [0.2, 0.25) is 0 Å². The zero-order valence-electron chi connectivity index (χ0n) is 18.0. The third kappa shape index (κ3) is 3.93. The zero-order chi connectivity index (χ0) is 22.8. The van der Waals surface area contributed by atoms with Crippen LogP contribution in [0.25, 0.3) is 0 Å². The number of hydrogen-bond donors (Lipinski definition) is 1. The molecule has 0 spiro atoms. The van der Waals surface area contributed by atoms with E-state index in [4.69, 9.17) is 4.74 Å². The van der Waals surface area contributed by atoms with Crippen molar-refractivity contribution in [2.75, 3.05) is 6.61 Å². The van der Waals surface area contributed by atoms with E-state index in [1.807, 2.05) is 30.3 Å². The van der Waals surface area contributed by atoms with Gasteiger partial charge in [-0.3, -0.25) is 14.9 Å². The lowest BCUT2D eigenvalue weighted by atomic mass is 9.71. The van der Waals surface area contributed by atoms with Crippen molar-refractivity contribution < 1.29 is 19.2 Å². The first-order valence-electron chi connectivity index (χ1n) is 10.6. The average molecular weight is 432 g/mol. The number of dihydropyridines is 1. The summed E-state index contributed by atoms with van der Waals surface area (Å²) < 4.78 is 5.28. The number of hydrogen-bond acceptors (Lipinski definition) is 6. The Morgan fingerprint density at radius 2 is 1.84 bits per heavy atom. The van der Waals surface area contributed by atoms with Crippen LogP contribution in [-0.4, -0.2) is 23.3 Å². The van der Waals surface area contributed by atoms with Gasteiger partial charge in [0.15, 0.2) is 5.78 Å². The summed E-state index contributed by atoms with van der Waals surface area (Å²) in [6.07, 6.45) is 0.926. The number of Topliss-reactive ketones (excluding diaryl/α,β-unsaturated/α-hetero) is 1. The van der Waals surface area contributed by atoms with E-state index in [2.05, 4.69) is 5.32 Å². The lowest BCUT2D eigenvalue weighted by Gasteiger charge is -2.36. The maximum absolute atomic E-state index is 13.4. The Labute approximate surface area is 185 Å². The number of carbonyl (C=O) groups is 2. The van der Waals surface area contributed by atoms with Gasteiger partial charge < -0.3 is 10.1 Å². The summed E-state index contributed by atoms with van der Waals surface area (Å²) >= 11 is 0. The van der Waals surface area contributed by atoms with Crippen molar-refractivity contribution >= 4 is 17.4 Å². The predicted molar refractivity (Wildman–Crippen MR) is 119 cm³/mol. The van der Waals surface area contributed by atoms with E-state index in [1.54, 1.807) is 26.0 Å². The van der Waals surface area contributed by atoms with Crippen LogP contribution < -0.4 is 5.32 Å². The summed E-state index contributed by atoms with van der Waals surface area (Å²) in [5, 5.41) is 14.7. The Bertz CT molecular complexity index is 1150. The summed E-state index contributed by atoms with van der Waals surface area (Å²) in [6, 6.07) is 16.0. The van der Waals surface area contributed by atoms with Crippen LogP contribution in [0, 0.1) is 10.1 Å². The van der Waals surface area contributed by atoms with E-state index in [9.17, 15) is 19.7 Å². The average Bonchev–Trinajstić information content (AvgIpc) is 2.78. The fraction of sp³-hybridized carbons (Fsp3) is 0.280. The number of carbonyl (C=O) groups excluding carboxylic acids is 2. The minimum atomic E-state index is -0.713. The molecule has 1 aliphatic heterocycles. The normalized spacial score (nSPS) is 20.5. The van der Waals surface area contributed by atoms with Gasteiger partial charge in [0.1, 0.15) is 0 Å². The van der Waals surface area contributed by atoms with Crippen molar-refractivity contribution in [2.24, 2.45) is 0 Å². The summed E-state index contributed by atoms with van der Waals surface area (Å²) in [4.78, 5) is 37.2. The molecule has 1 aliphatic carbocycles. The molecule has 7 nitrogen and oxygen atoms in total. The Morgan fingerprint density at radius 1 is 1.12 bits per heavy atom. The van der Waals surface area contributed by atoms with Crippen molar-refractivity contribution in [2.45, 2.75) is 38.5 Å². The van der Waals surface area contributed by atoms with E-state index in [0.29, 0.717) is 35.2 Å². The molecule has 2 aromatic rings. The van der Waals surface area contributed by atoms with Crippen LogP contribution in [0.4, 0.5) is 5.69 Å². The van der Waals surface area contributed by atoms with E-state index >= 15 is 0 Å². The summed E-state index contributed by atoms with van der Waals surface area (Å²) in [5.41, 5.74) is 3.69. The van der Waals surface area contributed by atoms with Crippen LogP contribution >= 0.6 is 0 Å². The maximum atomic E-state index is 13.4. The Hall–Kier alpha value is -3.74. The number of ketones is 1. The highest BCUT2D eigenvalue weighted by molar-refractivity contribution is 6.04. The molecule has 32 heavy (non-hydrogen) atoms. The number of nitro benzene ring substituents is 1. The molecule has 1 heterocycles. The van der Waals surface area contributed by atoms with Crippen LogP contribution in [0.15, 0.2) is 77.1 Å². The largest absolute Gasteiger partial charge is 0.463 e. The molecule has 7 heteroatoms. The zero-order valence-corrected chi connectivity index (χ0v) is 18.0. The van der Waals surface area contributed by atoms with Crippen molar-refractivity contribution in [3.05, 3.63) is 98.4 Å². The number of esters is 1. The maximum Gasteiger partial charge on any atom is 0.336 e. The van der Waals surface area contributed by atoms with Gasteiger partial charge in [0.05, 0.1) is 17.1 Å². The molecule has 2 aromatic carbocycles. The van der Waals surface area contributed by atoms with Gasteiger partial charge >= 0.3 is 5.97 Å². The van der Waals surface area contributed by atoms with Gasteiger partial charge in [-0.05, 0) is 37.3 Å². The second kappa shape index (κ2) is 8.78. The smallest absolute Gasteiger partial charge is 0.336 e. The van der Waals surface area contributed by atoms with Gasteiger partial charge in [-0.1, -0.05) is 42.5 Å². The van der Waals surface area contributed by atoms with Crippen LogP contribution in [0.3, 0.4) is 0 Å². The minimum absolute atomic E-state index is 0.0256. The Kier molecular flexibility index (Phi) is 5.90. The molecular formula is C25H24N2O5. The first-order chi connectivity index (χ1) is 15.4. The number of nitro groups is 1. The van der Waals surface area contributed by atoms with Gasteiger partial charge in [0, 0.05) is 41.4 Å². The molecule has 4 rings (SSSR count). The fourth-order valence-electron chi connectivity index (χ4n) is 4.63. The first kappa shape index (κ1) is 21.5. The van der Waals surface area contributed by atoms with E-state index < -0.39 is 16.8 Å². The van der Waals surface area contributed by atoms with E-state index in [-0.39, 0.29) is 24.0 Å². The standard InChI is InChI=1S/C25H24N2O5/c1-3-32-25(29)22-15(2)26-20-13-18(16-8-5-4-6-9-16)14-21(28)24(20)23(22)17-10-7-11-19(12-17)27(30)31/h4-12,18,23,26H,3,13-14H2,1-2H3. The molecule has 164 valence electrons. The predicted octanol–water partition coefficient (Wildman–Crippen LogP) is 4.52. The molecule has 0 amide bonds. The van der Waals surface area contributed by atoms with Gasteiger partial charge in [0.25, 0.3) is 5.69 Å². The second-order valence-corrected chi connectivity index (χ2v) is 8.00. The molecule has 2 unspecified atom stereocenters. The minimum Gasteiger partial charge on any atom is -0.463 e. The summed E-state index contributed by atoms with van der Waals surface area (Å²) in [7, 11) is 0. The summed E-state index contributed by atoms with van der Waals surface area (Å²) in [6.45, 7) is 3.68. The number of rotatable bonds is 5. The quantitative estimate of drug-likeness (QED) is 0.424. The highest BCUT2D eigenvalue weighted by Gasteiger charge is 2.41. The number of allylic oxidation sites excluding steroid dienone is 3. The van der Waals surface area contributed by atoms with E-state index in [0.717, 1.165) is 11.3 Å². The third-order valence-electron chi connectivity index (χ3n) is 6.01. The Morgan fingerprint density at radius 3 is 2.53 bits per heavy atom. The van der Waals surface area contributed by atoms with Crippen molar-refractivity contribution in [1.29, 1.82) is 0 Å². The number of benzene rings is 2. The highest BCUT2D eigenvalue weighted by Crippen LogP contribution is 2.46. The summed E-state index contributed by atoms with van der Waals surface area (Å²) in [5.74, 6) is -1.29. The number of ether oxygens (including phenoxy) is 1. The number of nitrogens with one attached hydrogen (secondary N) is 1. The van der Waals surface area contributed by atoms with Crippen molar-refractivity contribution in [1.82, 2.24) is 5.32 Å². The van der Waals surface area contributed by atoms with Gasteiger partial charge in [-0.25, -0.2) is 4.79 Å².